The van der Waals surface area contributed by atoms with E-state index in [0.29, 0.717) is 19.4 Å². The summed E-state index contributed by atoms with van der Waals surface area (Å²) in [6.07, 6.45) is 39.7. The van der Waals surface area contributed by atoms with Crippen molar-refractivity contribution in [3.05, 3.63) is 0 Å². The fraction of sp³-hybridized carbons (Fsp3) is 0.944. The van der Waals surface area contributed by atoms with Crippen LogP contribution in [0.5, 0.6) is 0 Å². The van der Waals surface area contributed by atoms with Crippen molar-refractivity contribution >= 4 is 11.9 Å². The van der Waals surface area contributed by atoms with Crippen LogP contribution in [0.4, 0.5) is 0 Å². The molecular formula is C36H70O4. The lowest BCUT2D eigenvalue weighted by Crippen LogP contribution is -2.05. The van der Waals surface area contributed by atoms with Gasteiger partial charge in [-0.05, 0) is 19.3 Å². The highest BCUT2D eigenvalue weighted by Crippen LogP contribution is 2.16. The molecule has 0 atom stereocenters. The summed E-state index contributed by atoms with van der Waals surface area (Å²) in [4.78, 5) is 22.3. The van der Waals surface area contributed by atoms with Gasteiger partial charge in [-0.2, -0.15) is 0 Å². The van der Waals surface area contributed by atoms with Gasteiger partial charge >= 0.3 is 11.9 Å². The molecule has 0 aliphatic carbocycles. The van der Waals surface area contributed by atoms with Crippen molar-refractivity contribution in [3.8, 4) is 0 Å². The van der Waals surface area contributed by atoms with E-state index in [0.717, 1.165) is 25.7 Å². The molecule has 0 spiro atoms. The zero-order chi connectivity index (χ0) is 29.2. The topological polar surface area (TPSA) is 63.6 Å². The van der Waals surface area contributed by atoms with Gasteiger partial charge in [0.05, 0.1) is 6.61 Å². The zero-order valence-corrected chi connectivity index (χ0v) is 27.0. The molecule has 0 aliphatic heterocycles. The molecule has 0 rings (SSSR count). The first-order valence-corrected chi connectivity index (χ1v) is 18.0. The lowest BCUT2D eigenvalue weighted by atomic mass is 10.0. The Morgan fingerprint density at radius 2 is 0.675 bits per heavy atom. The van der Waals surface area contributed by atoms with E-state index < -0.39 is 5.97 Å². The van der Waals surface area contributed by atoms with E-state index in [9.17, 15) is 9.59 Å². The Labute approximate surface area is 250 Å². The van der Waals surface area contributed by atoms with Gasteiger partial charge in [-0.1, -0.05) is 180 Å². The summed E-state index contributed by atoms with van der Waals surface area (Å²) in [5, 5.41) is 8.63. The molecule has 0 saturated carbocycles. The third-order valence-electron chi connectivity index (χ3n) is 8.28. The van der Waals surface area contributed by atoms with Crippen LogP contribution in [0.3, 0.4) is 0 Å². The SMILES string of the molecule is CCCCCCCCCCCC(=O)OCCCCCCCCCCCCCCCCCCCCCCCC(=O)O. The van der Waals surface area contributed by atoms with Crippen LogP contribution in [-0.2, 0) is 14.3 Å². The number of rotatable bonds is 34. The van der Waals surface area contributed by atoms with E-state index in [2.05, 4.69) is 6.92 Å². The molecule has 0 aromatic heterocycles. The first-order valence-electron chi connectivity index (χ1n) is 18.0. The van der Waals surface area contributed by atoms with E-state index in [1.807, 2.05) is 0 Å². The van der Waals surface area contributed by atoms with Crippen molar-refractivity contribution < 1.29 is 19.4 Å². The maximum atomic E-state index is 11.8. The molecule has 1 N–H and O–H groups in total. The Morgan fingerprint density at radius 3 is 1.00 bits per heavy atom. The number of carbonyl (C=O) groups is 2. The van der Waals surface area contributed by atoms with Gasteiger partial charge in [-0.3, -0.25) is 9.59 Å². The first kappa shape index (κ1) is 38.9. The van der Waals surface area contributed by atoms with Gasteiger partial charge in [-0.25, -0.2) is 0 Å². The quantitative estimate of drug-likeness (QED) is 0.0621. The van der Waals surface area contributed by atoms with Crippen LogP contribution in [0.25, 0.3) is 0 Å². The van der Waals surface area contributed by atoms with Crippen LogP contribution in [0.1, 0.15) is 212 Å². The molecule has 0 amide bonds. The maximum absolute atomic E-state index is 11.8. The van der Waals surface area contributed by atoms with Crippen LogP contribution in [0, 0.1) is 0 Å². The lowest BCUT2D eigenvalue weighted by Gasteiger charge is -2.06. The molecule has 0 aromatic rings. The monoisotopic (exact) mass is 567 g/mol. The number of hydrogen-bond acceptors (Lipinski definition) is 3. The summed E-state index contributed by atoms with van der Waals surface area (Å²) in [7, 11) is 0. The summed E-state index contributed by atoms with van der Waals surface area (Å²) in [6.45, 7) is 2.88. The van der Waals surface area contributed by atoms with E-state index in [4.69, 9.17) is 9.84 Å². The molecular weight excluding hydrogens is 496 g/mol. The third-order valence-corrected chi connectivity index (χ3v) is 8.28. The van der Waals surface area contributed by atoms with Crippen molar-refractivity contribution in [3.63, 3.8) is 0 Å². The normalized spacial score (nSPS) is 11.2. The minimum atomic E-state index is -0.658. The van der Waals surface area contributed by atoms with Crippen molar-refractivity contribution in [1.82, 2.24) is 0 Å². The molecule has 0 aromatic carbocycles. The van der Waals surface area contributed by atoms with Crippen molar-refractivity contribution in [1.29, 1.82) is 0 Å². The average Bonchev–Trinajstić information content (AvgIpc) is 2.94. The minimum Gasteiger partial charge on any atom is -0.481 e. The third kappa shape index (κ3) is 35.0. The molecule has 0 saturated heterocycles. The second-order valence-electron chi connectivity index (χ2n) is 12.4. The van der Waals surface area contributed by atoms with Gasteiger partial charge in [0.15, 0.2) is 0 Å². The Hall–Kier alpha value is -1.06. The molecule has 0 bridgehead atoms. The van der Waals surface area contributed by atoms with Crippen LogP contribution >= 0.6 is 0 Å². The van der Waals surface area contributed by atoms with Gasteiger partial charge in [-0.15, -0.1) is 0 Å². The molecule has 0 unspecified atom stereocenters. The molecule has 4 nitrogen and oxygen atoms in total. The number of carbonyl (C=O) groups excluding carboxylic acids is 1. The summed E-state index contributed by atoms with van der Waals surface area (Å²) in [6, 6.07) is 0. The predicted octanol–water partition coefficient (Wildman–Crippen LogP) is 12.1. The summed E-state index contributed by atoms with van der Waals surface area (Å²) in [5.74, 6) is -0.646. The fourth-order valence-electron chi connectivity index (χ4n) is 5.58. The Bertz CT molecular complexity index is 519. The summed E-state index contributed by atoms with van der Waals surface area (Å²) >= 11 is 0. The number of hydrogen-bond donors (Lipinski definition) is 1. The molecule has 238 valence electrons. The van der Waals surface area contributed by atoms with Crippen LogP contribution in [0.15, 0.2) is 0 Å². The summed E-state index contributed by atoms with van der Waals surface area (Å²) < 4.78 is 5.41. The number of carboxylic acid groups (broad SMARTS) is 1. The summed E-state index contributed by atoms with van der Waals surface area (Å²) in [5.41, 5.74) is 0. The number of aliphatic carboxylic acids is 1. The van der Waals surface area contributed by atoms with Crippen LogP contribution in [0.2, 0.25) is 0 Å². The molecule has 0 fully saturated rings. The number of unbranched alkanes of at least 4 members (excludes halogenated alkanes) is 28. The average molecular weight is 567 g/mol. The maximum Gasteiger partial charge on any atom is 0.305 e. The predicted molar refractivity (Wildman–Crippen MR) is 172 cm³/mol. The largest absolute Gasteiger partial charge is 0.481 e. The van der Waals surface area contributed by atoms with Crippen LogP contribution in [-0.4, -0.2) is 23.7 Å². The van der Waals surface area contributed by atoms with Crippen molar-refractivity contribution in [2.45, 2.75) is 212 Å². The number of ether oxygens (including phenoxy) is 1. The number of carboxylic acids is 1. The molecule has 0 radical (unpaired) electrons. The minimum absolute atomic E-state index is 0.0117. The van der Waals surface area contributed by atoms with Gasteiger partial charge in [0.2, 0.25) is 0 Å². The number of esters is 1. The lowest BCUT2D eigenvalue weighted by molar-refractivity contribution is -0.144. The Morgan fingerprint density at radius 1 is 0.400 bits per heavy atom. The van der Waals surface area contributed by atoms with Gasteiger partial charge in [0.1, 0.15) is 0 Å². The standard InChI is InChI=1S/C36H70O4/c1-2-3-4-5-6-20-24-27-30-33-36(39)40-34-31-28-25-22-19-17-15-13-11-9-7-8-10-12-14-16-18-21-23-26-29-32-35(37)38/h2-34H2,1H3,(H,37,38). The fourth-order valence-corrected chi connectivity index (χ4v) is 5.58. The highest BCUT2D eigenvalue weighted by Gasteiger charge is 2.03. The van der Waals surface area contributed by atoms with Gasteiger partial charge in [0, 0.05) is 12.8 Å². The molecule has 40 heavy (non-hydrogen) atoms. The second-order valence-corrected chi connectivity index (χ2v) is 12.4. The van der Waals surface area contributed by atoms with Gasteiger partial charge in [0.25, 0.3) is 0 Å². The van der Waals surface area contributed by atoms with Crippen molar-refractivity contribution in [2.24, 2.45) is 0 Å². The molecule has 0 heterocycles. The highest BCUT2D eigenvalue weighted by atomic mass is 16.5. The van der Waals surface area contributed by atoms with E-state index in [1.165, 1.54) is 167 Å². The highest BCUT2D eigenvalue weighted by molar-refractivity contribution is 5.69. The molecule has 4 heteroatoms. The first-order chi connectivity index (χ1) is 19.7. The Kier molecular flexibility index (Phi) is 33.2. The Balaban J connectivity index is 3.12. The van der Waals surface area contributed by atoms with Gasteiger partial charge < -0.3 is 9.84 Å². The molecule has 0 aliphatic rings. The van der Waals surface area contributed by atoms with Crippen LogP contribution < -0.4 is 0 Å². The van der Waals surface area contributed by atoms with E-state index in [-0.39, 0.29) is 5.97 Å². The van der Waals surface area contributed by atoms with E-state index >= 15 is 0 Å². The van der Waals surface area contributed by atoms with Crippen molar-refractivity contribution in [2.75, 3.05) is 6.61 Å². The zero-order valence-electron chi connectivity index (χ0n) is 27.0. The smallest absolute Gasteiger partial charge is 0.305 e. The van der Waals surface area contributed by atoms with E-state index in [1.54, 1.807) is 0 Å². The second kappa shape index (κ2) is 34.1.